The van der Waals surface area contributed by atoms with Crippen molar-refractivity contribution in [2.75, 3.05) is 0 Å². The van der Waals surface area contributed by atoms with Crippen molar-refractivity contribution in [3.05, 3.63) is 231 Å². The van der Waals surface area contributed by atoms with Gasteiger partial charge >= 0.3 is 0 Å². The maximum Gasteiger partial charge on any atom is 0.160 e. The summed E-state index contributed by atoms with van der Waals surface area (Å²) < 4.78 is 11.3. The molecule has 0 spiro atoms. The normalized spacial score (nSPS) is 11.8. The number of nitrogens with zero attached hydrogens (tertiary/aromatic N) is 2. The lowest BCUT2D eigenvalue weighted by Gasteiger charge is -2.11. The van der Waals surface area contributed by atoms with E-state index in [4.69, 9.17) is 4.42 Å². The summed E-state index contributed by atoms with van der Waals surface area (Å²) in [4.78, 5) is 0. The summed E-state index contributed by atoms with van der Waals surface area (Å²) in [5.41, 5.74) is 18.3. The van der Waals surface area contributed by atoms with Crippen LogP contribution in [0.4, 0.5) is 0 Å². The molecule has 3 nitrogen and oxygen atoms in total. The van der Waals surface area contributed by atoms with Gasteiger partial charge in [0, 0.05) is 43.7 Å². The van der Waals surface area contributed by atoms with E-state index < -0.39 is 0 Å². The first kappa shape index (κ1) is 35.4. The fourth-order valence-corrected chi connectivity index (χ4v) is 9.88. The molecule has 3 heteroatoms. The number of furan rings is 1. The average molecular weight is 803 g/mol. The Hall–Kier alpha value is -8.40. The molecule has 0 N–H and O–H groups in total. The van der Waals surface area contributed by atoms with Crippen LogP contribution in [-0.2, 0) is 0 Å². The first-order valence-corrected chi connectivity index (χ1v) is 21.6. The number of hydrogen-bond acceptors (Lipinski definition) is 1. The molecule has 0 radical (unpaired) electrons. The van der Waals surface area contributed by atoms with Crippen molar-refractivity contribution in [2.45, 2.75) is 0 Å². The Bertz CT molecular complexity index is 3760. The van der Waals surface area contributed by atoms with E-state index in [1.165, 1.54) is 77.1 Å². The standard InChI is InChI=1S/C60H38N2O/c1-3-11-39(12-4-1)45-27-35-56-53(37-45)54-38-46(40-13-5-2-6-14-40)28-36-57(54)61(56)47-29-23-43(24-30-47)41-19-21-42(22-20-41)44-25-31-48(32-26-44)62-55-17-9-7-15-49(55)51-33-34-52-50-16-8-10-18-58(50)63-60(52)59(51)62/h1-38H. The van der Waals surface area contributed by atoms with Gasteiger partial charge in [-0.2, -0.15) is 0 Å². The molecule has 0 aliphatic heterocycles. The summed E-state index contributed by atoms with van der Waals surface area (Å²) in [6.45, 7) is 0. The van der Waals surface area contributed by atoms with Crippen LogP contribution in [0.15, 0.2) is 235 Å². The van der Waals surface area contributed by atoms with Gasteiger partial charge in [0.15, 0.2) is 5.58 Å². The third-order valence-corrected chi connectivity index (χ3v) is 13.0. The van der Waals surface area contributed by atoms with Crippen LogP contribution in [0.1, 0.15) is 0 Å². The van der Waals surface area contributed by atoms with Crippen molar-refractivity contribution in [1.82, 2.24) is 9.13 Å². The molecule has 0 amide bonds. The molecule has 0 saturated carbocycles. The number of hydrogen-bond donors (Lipinski definition) is 0. The number of fused-ring (bicyclic) bond motifs is 10. The van der Waals surface area contributed by atoms with Crippen LogP contribution in [0, 0.1) is 0 Å². The van der Waals surface area contributed by atoms with Crippen molar-refractivity contribution in [3.63, 3.8) is 0 Å². The highest BCUT2D eigenvalue weighted by atomic mass is 16.3. The quantitative estimate of drug-likeness (QED) is 0.164. The zero-order valence-electron chi connectivity index (χ0n) is 34.2. The van der Waals surface area contributed by atoms with Crippen molar-refractivity contribution >= 4 is 65.6 Å². The molecular formula is C60H38N2O. The number of para-hydroxylation sites is 2. The molecule has 0 fully saturated rings. The Morgan fingerprint density at radius 2 is 0.667 bits per heavy atom. The summed E-state index contributed by atoms with van der Waals surface area (Å²) in [6.07, 6.45) is 0. The van der Waals surface area contributed by atoms with E-state index in [0.717, 1.165) is 44.3 Å². The zero-order chi connectivity index (χ0) is 41.4. The second-order valence-electron chi connectivity index (χ2n) is 16.5. The van der Waals surface area contributed by atoms with Gasteiger partial charge in [0.1, 0.15) is 5.58 Å². The van der Waals surface area contributed by atoms with E-state index in [9.17, 15) is 0 Å². The van der Waals surface area contributed by atoms with E-state index >= 15 is 0 Å². The predicted octanol–water partition coefficient (Wildman–Crippen LogP) is 16.4. The largest absolute Gasteiger partial charge is 0.454 e. The van der Waals surface area contributed by atoms with Gasteiger partial charge in [0.25, 0.3) is 0 Å². The average Bonchev–Trinajstić information content (AvgIpc) is 4.02. The summed E-state index contributed by atoms with van der Waals surface area (Å²) in [6, 6.07) is 83.4. The van der Waals surface area contributed by atoms with Crippen molar-refractivity contribution in [3.8, 4) is 55.9 Å². The van der Waals surface area contributed by atoms with E-state index in [1.807, 2.05) is 6.07 Å². The Morgan fingerprint density at radius 3 is 1.24 bits per heavy atom. The Morgan fingerprint density at radius 1 is 0.254 bits per heavy atom. The van der Waals surface area contributed by atoms with Gasteiger partial charge in [-0.05, 0) is 111 Å². The predicted molar refractivity (Wildman–Crippen MR) is 264 cm³/mol. The number of rotatable bonds is 6. The van der Waals surface area contributed by atoms with E-state index in [-0.39, 0.29) is 0 Å². The van der Waals surface area contributed by atoms with E-state index in [2.05, 4.69) is 234 Å². The molecule has 294 valence electrons. The Balaban J connectivity index is 0.834. The SMILES string of the molecule is c1ccc(-c2ccc3c(c2)c2cc(-c4ccccc4)ccc2n3-c2ccc(-c3ccc(-c4ccc(-n5c6ccccc6c6ccc7c8ccccc8oc7c65)cc4)cc3)cc2)cc1. The minimum Gasteiger partial charge on any atom is -0.454 e. The van der Waals surface area contributed by atoms with Crippen LogP contribution in [0.5, 0.6) is 0 Å². The Kier molecular flexibility index (Phi) is 7.91. The van der Waals surface area contributed by atoms with Gasteiger partial charge in [-0.3, -0.25) is 0 Å². The lowest BCUT2D eigenvalue weighted by Crippen LogP contribution is -1.94. The van der Waals surface area contributed by atoms with Gasteiger partial charge in [0.05, 0.1) is 22.1 Å². The molecule has 0 saturated heterocycles. The molecule has 0 bridgehead atoms. The van der Waals surface area contributed by atoms with Gasteiger partial charge in [-0.1, -0.05) is 164 Å². The van der Waals surface area contributed by atoms with Crippen LogP contribution in [0.2, 0.25) is 0 Å². The molecule has 10 aromatic carbocycles. The molecule has 3 aromatic heterocycles. The highest BCUT2D eigenvalue weighted by Crippen LogP contribution is 2.41. The Labute approximate surface area is 363 Å². The van der Waals surface area contributed by atoms with Crippen LogP contribution < -0.4 is 0 Å². The first-order valence-electron chi connectivity index (χ1n) is 21.6. The molecule has 13 aromatic rings. The zero-order valence-corrected chi connectivity index (χ0v) is 34.2. The fraction of sp³-hybridized carbons (Fsp3) is 0. The van der Waals surface area contributed by atoms with Crippen molar-refractivity contribution in [2.24, 2.45) is 0 Å². The van der Waals surface area contributed by atoms with Crippen molar-refractivity contribution in [1.29, 1.82) is 0 Å². The molecule has 0 unspecified atom stereocenters. The fourth-order valence-electron chi connectivity index (χ4n) is 9.88. The molecule has 0 atom stereocenters. The molecule has 0 aliphatic rings. The smallest absolute Gasteiger partial charge is 0.160 e. The number of benzene rings is 10. The van der Waals surface area contributed by atoms with Crippen LogP contribution in [-0.4, -0.2) is 9.13 Å². The summed E-state index contributed by atoms with van der Waals surface area (Å²) in [5, 5.41) is 7.17. The molecule has 63 heavy (non-hydrogen) atoms. The third kappa shape index (κ3) is 5.67. The monoisotopic (exact) mass is 802 g/mol. The lowest BCUT2D eigenvalue weighted by molar-refractivity contribution is 0.671. The molecule has 3 heterocycles. The highest BCUT2D eigenvalue weighted by Gasteiger charge is 2.19. The van der Waals surface area contributed by atoms with E-state index in [1.54, 1.807) is 0 Å². The second kappa shape index (κ2) is 14.1. The lowest BCUT2D eigenvalue weighted by atomic mass is 10.00. The van der Waals surface area contributed by atoms with Gasteiger partial charge in [-0.15, -0.1) is 0 Å². The maximum atomic E-state index is 6.57. The van der Waals surface area contributed by atoms with Gasteiger partial charge < -0.3 is 13.6 Å². The topological polar surface area (TPSA) is 23.0 Å². The molecule has 0 aliphatic carbocycles. The van der Waals surface area contributed by atoms with Crippen molar-refractivity contribution < 1.29 is 4.42 Å². The summed E-state index contributed by atoms with van der Waals surface area (Å²) in [7, 11) is 0. The van der Waals surface area contributed by atoms with Gasteiger partial charge in [0.2, 0.25) is 0 Å². The second-order valence-corrected chi connectivity index (χ2v) is 16.5. The summed E-state index contributed by atoms with van der Waals surface area (Å²) >= 11 is 0. The van der Waals surface area contributed by atoms with Crippen LogP contribution >= 0.6 is 0 Å². The minimum atomic E-state index is 0.908. The van der Waals surface area contributed by atoms with E-state index in [0.29, 0.717) is 0 Å². The summed E-state index contributed by atoms with van der Waals surface area (Å²) in [5.74, 6) is 0. The molecular weight excluding hydrogens is 765 g/mol. The highest BCUT2D eigenvalue weighted by molar-refractivity contribution is 6.21. The number of aromatic nitrogens is 2. The maximum absolute atomic E-state index is 6.57. The van der Waals surface area contributed by atoms with Crippen LogP contribution in [0.3, 0.4) is 0 Å². The molecule has 13 rings (SSSR count). The van der Waals surface area contributed by atoms with Gasteiger partial charge in [-0.25, -0.2) is 0 Å². The van der Waals surface area contributed by atoms with Crippen LogP contribution in [0.25, 0.3) is 121 Å². The minimum absolute atomic E-state index is 0.908. The first-order chi connectivity index (χ1) is 31.2. The third-order valence-electron chi connectivity index (χ3n) is 13.0.